The van der Waals surface area contributed by atoms with Crippen LogP contribution in [0, 0.1) is 0 Å². The summed E-state index contributed by atoms with van der Waals surface area (Å²) < 4.78 is 5.74. The van der Waals surface area contributed by atoms with Gasteiger partial charge in [-0.2, -0.15) is 0 Å². The van der Waals surface area contributed by atoms with Crippen LogP contribution in [0.4, 0.5) is 0 Å². The summed E-state index contributed by atoms with van der Waals surface area (Å²) in [4.78, 5) is 4.53. The van der Waals surface area contributed by atoms with Crippen molar-refractivity contribution in [1.82, 2.24) is 9.80 Å². The second kappa shape index (κ2) is 5.72. The van der Waals surface area contributed by atoms with Crippen molar-refractivity contribution in [2.75, 3.05) is 33.7 Å². The minimum absolute atomic E-state index is 0.156. The van der Waals surface area contributed by atoms with E-state index in [4.69, 9.17) is 4.74 Å². The number of piperazine rings is 1. The van der Waals surface area contributed by atoms with Crippen LogP contribution in [0.5, 0.6) is 5.75 Å². The maximum atomic E-state index is 10.6. The highest BCUT2D eigenvalue weighted by Crippen LogP contribution is 2.29. The van der Waals surface area contributed by atoms with E-state index in [1.54, 1.807) is 0 Å². The molecule has 20 heavy (non-hydrogen) atoms. The second-order valence-electron chi connectivity index (χ2n) is 6.14. The van der Waals surface area contributed by atoms with E-state index >= 15 is 0 Å². The number of likely N-dealkylation sites (N-methyl/N-ethyl adjacent to an activating group) is 2. The van der Waals surface area contributed by atoms with Crippen LogP contribution >= 0.6 is 0 Å². The summed E-state index contributed by atoms with van der Waals surface area (Å²) >= 11 is 0. The third-order valence-corrected chi connectivity index (χ3v) is 4.31. The molecule has 1 aliphatic heterocycles. The van der Waals surface area contributed by atoms with Gasteiger partial charge in [0.25, 0.3) is 0 Å². The molecule has 2 fully saturated rings. The van der Waals surface area contributed by atoms with Crippen molar-refractivity contribution in [1.29, 1.82) is 0 Å². The van der Waals surface area contributed by atoms with Crippen LogP contribution in [0.15, 0.2) is 24.3 Å². The molecular formula is C16H24N2O2. The summed E-state index contributed by atoms with van der Waals surface area (Å²) in [5.74, 6) is 0.914. The number of aliphatic hydroxyl groups excluding tert-OH is 1. The average Bonchev–Trinajstić information content (AvgIpc) is 3.26. The zero-order chi connectivity index (χ0) is 14.1. The first-order valence-corrected chi connectivity index (χ1v) is 7.47. The minimum Gasteiger partial charge on any atom is -0.490 e. The fourth-order valence-corrected chi connectivity index (χ4v) is 2.73. The maximum absolute atomic E-state index is 10.6. The zero-order valence-electron chi connectivity index (χ0n) is 12.3. The lowest BCUT2D eigenvalue weighted by molar-refractivity contribution is 0.0138. The summed E-state index contributed by atoms with van der Waals surface area (Å²) in [6.07, 6.45) is 2.31. The predicted molar refractivity (Wildman–Crippen MR) is 79.0 cm³/mol. The quantitative estimate of drug-likeness (QED) is 0.904. The van der Waals surface area contributed by atoms with E-state index in [1.165, 1.54) is 12.8 Å². The van der Waals surface area contributed by atoms with Crippen molar-refractivity contribution in [3.63, 3.8) is 0 Å². The summed E-state index contributed by atoms with van der Waals surface area (Å²) in [6.45, 7) is 2.97. The molecule has 1 N–H and O–H groups in total. The van der Waals surface area contributed by atoms with Gasteiger partial charge in [-0.15, -0.1) is 0 Å². The maximum Gasteiger partial charge on any atom is 0.119 e. The van der Waals surface area contributed by atoms with Crippen LogP contribution in [0.25, 0.3) is 0 Å². The van der Waals surface area contributed by atoms with Crippen LogP contribution in [-0.2, 0) is 0 Å². The largest absolute Gasteiger partial charge is 0.490 e. The molecule has 0 aromatic heterocycles. The van der Waals surface area contributed by atoms with Gasteiger partial charge in [-0.25, -0.2) is 0 Å². The summed E-state index contributed by atoms with van der Waals surface area (Å²) in [6, 6.07) is 8.09. The van der Waals surface area contributed by atoms with E-state index < -0.39 is 6.10 Å². The molecule has 2 unspecified atom stereocenters. The van der Waals surface area contributed by atoms with Crippen molar-refractivity contribution >= 4 is 0 Å². The number of hydrogen-bond donors (Lipinski definition) is 1. The normalized spacial score (nSPS) is 26.4. The van der Waals surface area contributed by atoms with Gasteiger partial charge >= 0.3 is 0 Å². The Morgan fingerprint density at radius 1 is 1.15 bits per heavy atom. The molecule has 1 heterocycles. The predicted octanol–water partition coefficient (Wildman–Crippen LogP) is 1.51. The monoisotopic (exact) mass is 276 g/mol. The number of ether oxygens (including phenoxy) is 1. The number of hydrogen-bond acceptors (Lipinski definition) is 4. The lowest BCUT2D eigenvalue weighted by Crippen LogP contribution is -2.52. The smallest absolute Gasteiger partial charge is 0.119 e. The molecule has 0 radical (unpaired) electrons. The van der Waals surface area contributed by atoms with Crippen LogP contribution in [0.2, 0.25) is 0 Å². The molecule has 2 aliphatic rings. The van der Waals surface area contributed by atoms with Crippen LogP contribution in [0.3, 0.4) is 0 Å². The number of rotatable bonds is 4. The number of aliphatic hydroxyl groups is 1. The highest BCUT2D eigenvalue weighted by Gasteiger charge is 2.29. The molecule has 0 bridgehead atoms. The van der Waals surface area contributed by atoms with Gasteiger partial charge in [-0.05, 0) is 44.6 Å². The molecule has 1 saturated heterocycles. The first-order valence-electron chi connectivity index (χ1n) is 7.47. The molecule has 110 valence electrons. The van der Waals surface area contributed by atoms with Gasteiger partial charge in [0.2, 0.25) is 0 Å². The Bertz CT molecular complexity index is 444. The molecule has 1 aromatic rings. The van der Waals surface area contributed by atoms with E-state index in [0.717, 1.165) is 30.9 Å². The van der Waals surface area contributed by atoms with E-state index in [2.05, 4.69) is 23.9 Å². The Hall–Kier alpha value is -1.10. The van der Waals surface area contributed by atoms with Crippen LogP contribution in [-0.4, -0.2) is 60.8 Å². The van der Waals surface area contributed by atoms with Gasteiger partial charge in [0.1, 0.15) is 5.75 Å². The zero-order valence-corrected chi connectivity index (χ0v) is 12.3. The van der Waals surface area contributed by atoms with Gasteiger partial charge in [0.05, 0.1) is 18.2 Å². The molecule has 0 amide bonds. The molecule has 1 saturated carbocycles. The van der Waals surface area contributed by atoms with E-state index in [-0.39, 0.29) is 6.04 Å². The van der Waals surface area contributed by atoms with E-state index in [9.17, 15) is 5.11 Å². The van der Waals surface area contributed by atoms with Crippen LogP contribution in [0.1, 0.15) is 24.5 Å². The minimum atomic E-state index is -0.447. The SMILES string of the molecule is CN1CCN(C)C(C(O)c2ccc(OC3CC3)cc2)C1. The first kappa shape index (κ1) is 13.9. The topological polar surface area (TPSA) is 35.9 Å². The van der Waals surface area contributed by atoms with Crippen molar-refractivity contribution < 1.29 is 9.84 Å². The summed E-state index contributed by atoms with van der Waals surface area (Å²) in [5, 5.41) is 10.6. The third-order valence-electron chi connectivity index (χ3n) is 4.31. The van der Waals surface area contributed by atoms with E-state index in [0.29, 0.717) is 6.10 Å². The number of nitrogens with zero attached hydrogens (tertiary/aromatic N) is 2. The van der Waals surface area contributed by atoms with Crippen molar-refractivity contribution in [3.05, 3.63) is 29.8 Å². The molecule has 3 rings (SSSR count). The molecule has 0 spiro atoms. The fourth-order valence-electron chi connectivity index (χ4n) is 2.73. The Morgan fingerprint density at radius 3 is 2.50 bits per heavy atom. The van der Waals surface area contributed by atoms with Crippen molar-refractivity contribution in [2.24, 2.45) is 0 Å². The van der Waals surface area contributed by atoms with Gasteiger partial charge < -0.3 is 14.7 Å². The van der Waals surface area contributed by atoms with Gasteiger partial charge in [-0.3, -0.25) is 4.90 Å². The highest BCUT2D eigenvalue weighted by molar-refractivity contribution is 5.29. The van der Waals surface area contributed by atoms with E-state index in [1.807, 2.05) is 24.3 Å². The molecular weight excluding hydrogens is 252 g/mol. The first-order chi connectivity index (χ1) is 9.63. The molecule has 2 atom stereocenters. The Labute approximate surface area is 120 Å². The van der Waals surface area contributed by atoms with Gasteiger partial charge in [-0.1, -0.05) is 12.1 Å². The Balaban J connectivity index is 1.67. The van der Waals surface area contributed by atoms with Gasteiger partial charge in [0, 0.05) is 19.6 Å². The lowest BCUT2D eigenvalue weighted by Gasteiger charge is -2.40. The standard InChI is InChI=1S/C16H24N2O2/c1-17-9-10-18(2)15(11-17)16(19)12-3-5-13(6-4-12)20-14-7-8-14/h3-6,14-16,19H,7-11H2,1-2H3. The number of benzene rings is 1. The average molecular weight is 276 g/mol. The lowest BCUT2D eigenvalue weighted by atomic mass is 9.99. The Morgan fingerprint density at radius 2 is 1.85 bits per heavy atom. The van der Waals surface area contributed by atoms with Crippen LogP contribution < -0.4 is 4.74 Å². The van der Waals surface area contributed by atoms with Gasteiger partial charge in [0.15, 0.2) is 0 Å². The fraction of sp³-hybridized carbons (Fsp3) is 0.625. The molecule has 4 nitrogen and oxygen atoms in total. The Kier molecular flexibility index (Phi) is 3.96. The van der Waals surface area contributed by atoms with Crippen molar-refractivity contribution in [2.45, 2.75) is 31.1 Å². The van der Waals surface area contributed by atoms with Crippen molar-refractivity contribution in [3.8, 4) is 5.75 Å². The summed E-state index contributed by atoms with van der Waals surface area (Å²) in [5.41, 5.74) is 0.972. The summed E-state index contributed by atoms with van der Waals surface area (Å²) in [7, 11) is 4.20. The molecule has 4 heteroatoms. The highest BCUT2D eigenvalue weighted by atomic mass is 16.5. The molecule has 1 aromatic carbocycles. The molecule has 1 aliphatic carbocycles. The third kappa shape index (κ3) is 3.14. The second-order valence-corrected chi connectivity index (χ2v) is 6.14.